The molecule has 2 aromatic carbocycles. The van der Waals surface area contributed by atoms with Gasteiger partial charge in [-0.2, -0.15) is 0 Å². The Morgan fingerprint density at radius 3 is 2.25 bits per heavy atom. The number of ether oxygens (including phenoxy) is 1. The monoisotopic (exact) mass is 381 g/mol. The van der Waals surface area contributed by atoms with Gasteiger partial charge in [0.05, 0.1) is 0 Å². The molecule has 0 unspecified atom stereocenters. The van der Waals surface area contributed by atoms with E-state index in [1.165, 1.54) is 5.56 Å². The summed E-state index contributed by atoms with van der Waals surface area (Å²) in [6, 6.07) is 12.4. The van der Waals surface area contributed by atoms with Crippen molar-refractivity contribution >= 4 is 11.6 Å². The zero-order valence-electron chi connectivity index (χ0n) is 18.7. The number of rotatable bonds is 5. The van der Waals surface area contributed by atoms with E-state index in [2.05, 4.69) is 65.9 Å². The van der Waals surface area contributed by atoms with Gasteiger partial charge in [0.15, 0.2) is 6.61 Å². The van der Waals surface area contributed by atoms with Gasteiger partial charge in [0, 0.05) is 5.69 Å². The summed E-state index contributed by atoms with van der Waals surface area (Å²) in [5.74, 6) is 0.639. The highest BCUT2D eigenvalue weighted by Gasteiger charge is 2.23. The molecule has 0 fully saturated rings. The lowest BCUT2D eigenvalue weighted by Gasteiger charge is -2.27. The summed E-state index contributed by atoms with van der Waals surface area (Å²) >= 11 is 0. The Kier molecular flexibility index (Phi) is 6.59. The maximum atomic E-state index is 12.6. The fourth-order valence-electron chi connectivity index (χ4n) is 3.23. The van der Waals surface area contributed by atoms with E-state index in [1.54, 1.807) is 0 Å². The maximum absolute atomic E-state index is 12.6. The van der Waals surface area contributed by atoms with Crippen LogP contribution in [0.2, 0.25) is 0 Å². The third-order valence-corrected chi connectivity index (χ3v) is 5.02. The van der Waals surface area contributed by atoms with Gasteiger partial charge in [-0.15, -0.1) is 0 Å². The lowest BCUT2D eigenvalue weighted by molar-refractivity contribution is -0.118. The van der Waals surface area contributed by atoms with Crippen LogP contribution in [0, 0.1) is 6.92 Å². The van der Waals surface area contributed by atoms with E-state index in [0.717, 1.165) is 34.5 Å². The van der Waals surface area contributed by atoms with Gasteiger partial charge in [0.1, 0.15) is 5.75 Å². The number of amides is 1. The minimum atomic E-state index is -0.135. The van der Waals surface area contributed by atoms with E-state index in [-0.39, 0.29) is 23.3 Å². The standard InChI is InChI=1S/C25H35NO2/c1-9-18-12-10-11-17(2)23(18)26-22(27)16-28-21-14-13-19(24(3,4)5)15-20(21)25(6,7)8/h10-15H,9,16H2,1-8H3,(H,26,27). The molecule has 1 N–H and O–H groups in total. The summed E-state index contributed by atoms with van der Waals surface area (Å²) < 4.78 is 5.97. The Balaban J connectivity index is 2.19. The molecule has 0 heterocycles. The number of aryl methyl sites for hydroxylation is 2. The number of hydrogen-bond acceptors (Lipinski definition) is 2. The molecule has 0 radical (unpaired) electrons. The van der Waals surface area contributed by atoms with Crippen LogP contribution in [0.1, 0.15) is 70.7 Å². The van der Waals surface area contributed by atoms with E-state index < -0.39 is 0 Å². The second-order valence-corrected chi connectivity index (χ2v) is 9.51. The van der Waals surface area contributed by atoms with E-state index in [0.29, 0.717) is 0 Å². The molecule has 0 aromatic heterocycles. The van der Waals surface area contributed by atoms with Crippen molar-refractivity contribution in [1.82, 2.24) is 0 Å². The van der Waals surface area contributed by atoms with Crippen molar-refractivity contribution in [1.29, 1.82) is 0 Å². The normalized spacial score (nSPS) is 12.0. The zero-order chi connectivity index (χ0) is 21.1. The average Bonchev–Trinajstić information content (AvgIpc) is 2.60. The molecule has 0 aliphatic rings. The van der Waals surface area contributed by atoms with Crippen molar-refractivity contribution in [2.75, 3.05) is 11.9 Å². The number of carbonyl (C=O) groups is 1. The molecule has 152 valence electrons. The summed E-state index contributed by atoms with van der Waals surface area (Å²) in [6.45, 7) is 17.2. The summed E-state index contributed by atoms with van der Waals surface area (Å²) in [6.07, 6.45) is 0.876. The fourth-order valence-corrected chi connectivity index (χ4v) is 3.23. The van der Waals surface area contributed by atoms with Crippen LogP contribution in [0.3, 0.4) is 0 Å². The minimum absolute atomic E-state index is 0.00453. The molecule has 1 amide bonds. The molecular formula is C25H35NO2. The summed E-state index contributed by atoms with van der Waals surface area (Å²) in [7, 11) is 0. The molecule has 0 saturated heterocycles. The molecule has 0 saturated carbocycles. The van der Waals surface area contributed by atoms with Crippen molar-refractivity contribution in [2.45, 2.75) is 72.6 Å². The Hall–Kier alpha value is -2.29. The largest absolute Gasteiger partial charge is 0.483 e. The lowest BCUT2D eigenvalue weighted by atomic mass is 9.80. The smallest absolute Gasteiger partial charge is 0.262 e. The van der Waals surface area contributed by atoms with Gasteiger partial charge in [-0.1, -0.05) is 78.8 Å². The first-order valence-electron chi connectivity index (χ1n) is 10.1. The predicted molar refractivity (Wildman–Crippen MR) is 119 cm³/mol. The minimum Gasteiger partial charge on any atom is -0.483 e. The number of hydrogen-bond donors (Lipinski definition) is 1. The Bertz CT molecular complexity index is 839. The highest BCUT2D eigenvalue weighted by Crippen LogP contribution is 2.35. The molecule has 0 bridgehead atoms. The quantitative estimate of drug-likeness (QED) is 0.672. The first kappa shape index (κ1) is 22.0. The maximum Gasteiger partial charge on any atom is 0.262 e. The molecule has 28 heavy (non-hydrogen) atoms. The Morgan fingerprint density at radius 1 is 1.00 bits per heavy atom. The number of para-hydroxylation sites is 1. The van der Waals surface area contributed by atoms with Crippen LogP contribution < -0.4 is 10.1 Å². The van der Waals surface area contributed by atoms with Gasteiger partial charge in [-0.05, 0) is 52.5 Å². The zero-order valence-corrected chi connectivity index (χ0v) is 18.7. The van der Waals surface area contributed by atoms with Crippen LogP contribution in [0.5, 0.6) is 5.75 Å². The third kappa shape index (κ3) is 5.37. The molecule has 3 nitrogen and oxygen atoms in total. The van der Waals surface area contributed by atoms with E-state index in [9.17, 15) is 4.79 Å². The Morgan fingerprint density at radius 2 is 1.68 bits per heavy atom. The highest BCUT2D eigenvalue weighted by molar-refractivity contribution is 5.93. The number of anilines is 1. The van der Waals surface area contributed by atoms with E-state index in [1.807, 2.05) is 31.2 Å². The summed E-state index contributed by atoms with van der Waals surface area (Å²) in [4.78, 5) is 12.6. The summed E-state index contributed by atoms with van der Waals surface area (Å²) in [5.41, 5.74) is 5.49. The molecule has 0 aliphatic carbocycles. The summed E-state index contributed by atoms with van der Waals surface area (Å²) in [5, 5.41) is 3.03. The molecule has 0 atom stereocenters. The van der Waals surface area contributed by atoms with Crippen LogP contribution in [0.15, 0.2) is 36.4 Å². The van der Waals surface area contributed by atoms with Gasteiger partial charge in [-0.25, -0.2) is 0 Å². The Labute approximate surface area is 170 Å². The first-order chi connectivity index (χ1) is 12.9. The molecule has 2 rings (SSSR count). The SMILES string of the molecule is CCc1cccc(C)c1NC(=O)COc1ccc(C(C)(C)C)cc1C(C)(C)C. The van der Waals surface area contributed by atoms with Crippen LogP contribution in [0.4, 0.5) is 5.69 Å². The highest BCUT2D eigenvalue weighted by atomic mass is 16.5. The van der Waals surface area contributed by atoms with Crippen molar-refractivity contribution in [2.24, 2.45) is 0 Å². The van der Waals surface area contributed by atoms with Crippen molar-refractivity contribution in [3.05, 3.63) is 58.7 Å². The fraction of sp³-hybridized carbons (Fsp3) is 0.480. The van der Waals surface area contributed by atoms with Crippen LogP contribution in [0.25, 0.3) is 0 Å². The molecule has 3 heteroatoms. The number of carbonyl (C=O) groups excluding carboxylic acids is 1. The first-order valence-corrected chi connectivity index (χ1v) is 10.1. The molecule has 0 spiro atoms. The van der Waals surface area contributed by atoms with Crippen molar-refractivity contribution < 1.29 is 9.53 Å². The second kappa shape index (κ2) is 8.38. The molecule has 2 aromatic rings. The topological polar surface area (TPSA) is 38.3 Å². The predicted octanol–water partition coefficient (Wildman–Crippen LogP) is 6.17. The van der Waals surface area contributed by atoms with E-state index in [4.69, 9.17) is 4.74 Å². The number of benzene rings is 2. The van der Waals surface area contributed by atoms with Gasteiger partial charge >= 0.3 is 0 Å². The average molecular weight is 382 g/mol. The third-order valence-electron chi connectivity index (χ3n) is 5.02. The van der Waals surface area contributed by atoms with Gasteiger partial charge in [-0.3, -0.25) is 4.79 Å². The van der Waals surface area contributed by atoms with Crippen molar-refractivity contribution in [3.63, 3.8) is 0 Å². The van der Waals surface area contributed by atoms with Gasteiger partial charge in [0.2, 0.25) is 0 Å². The van der Waals surface area contributed by atoms with E-state index >= 15 is 0 Å². The molecule has 0 aliphatic heterocycles. The van der Waals surface area contributed by atoms with Gasteiger partial charge < -0.3 is 10.1 Å². The molecular weight excluding hydrogens is 346 g/mol. The van der Waals surface area contributed by atoms with Crippen LogP contribution >= 0.6 is 0 Å². The van der Waals surface area contributed by atoms with Crippen molar-refractivity contribution in [3.8, 4) is 5.75 Å². The van der Waals surface area contributed by atoms with Crippen LogP contribution in [-0.4, -0.2) is 12.5 Å². The van der Waals surface area contributed by atoms with Crippen LogP contribution in [-0.2, 0) is 22.0 Å². The number of nitrogens with one attached hydrogen (secondary N) is 1. The second-order valence-electron chi connectivity index (χ2n) is 9.51. The van der Waals surface area contributed by atoms with Gasteiger partial charge in [0.25, 0.3) is 5.91 Å². The lowest BCUT2D eigenvalue weighted by Crippen LogP contribution is -2.23.